The van der Waals surface area contributed by atoms with Gasteiger partial charge in [-0.15, -0.1) is 11.3 Å². The largest absolute Gasteiger partial charge is 0.348 e. The number of carbonyl (C=O) groups is 1. The molecule has 0 fully saturated rings. The maximum atomic E-state index is 11.8. The molecule has 0 aliphatic carbocycles. The second kappa shape index (κ2) is 7.67. The van der Waals surface area contributed by atoms with Crippen molar-refractivity contribution in [1.82, 2.24) is 20.2 Å². The van der Waals surface area contributed by atoms with Gasteiger partial charge in [-0.1, -0.05) is 24.6 Å². The molecule has 0 radical (unpaired) electrons. The molecule has 7 heteroatoms. The first-order valence-corrected chi connectivity index (χ1v) is 8.22. The van der Waals surface area contributed by atoms with Gasteiger partial charge >= 0.3 is 0 Å². The molecule has 2 rings (SSSR count). The fourth-order valence-electron chi connectivity index (χ4n) is 2.11. The molecule has 118 valence electrons. The fourth-order valence-corrected chi connectivity index (χ4v) is 3.58. The van der Waals surface area contributed by atoms with Crippen LogP contribution in [0.1, 0.15) is 17.4 Å². The van der Waals surface area contributed by atoms with E-state index in [0.29, 0.717) is 11.7 Å². The molecular weight excluding hydrogens is 320 g/mol. The minimum absolute atomic E-state index is 0.0986. The van der Waals surface area contributed by atoms with Gasteiger partial charge in [0.05, 0.1) is 11.9 Å². The Bertz CT molecular complexity index is 696. The van der Waals surface area contributed by atoms with Crippen molar-refractivity contribution >= 4 is 39.1 Å². The number of thiophene rings is 1. The summed E-state index contributed by atoms with van der Waals surface area (Å²) >= 11 is 7.72. The van der Waals surface area contributed by atoms with E-state index in [0.717, 1.165) is 33.6 Å². The Labute approximate surface area is 139 Å². The van der Waals surface area contributed by atoms with E-state index in [4.69, 9.17) is 11.6 Å². The van der Waals surface area contributed by atoms with Gasteiger partial charge in [-0.25, -0.2) is 9.97 Å². The van der Waals surface area contributed by atoms with Crippen LogP contribution in [0, 0.1) is 0 Å². The van der Waals surface area contributed by atoms with E-state index in [1.54, 1.807) is 17.4 Å². The van der Waals surface area contributed by atoms with Crippen LogP contribution in [0.2, 0.25) is 5.15 Å². The Balaban J connectivity index is 2.10. The first-order valence-electron chi connectivity index (χ1n) is 7.02. The number of likely N-dealkylation sites (N-methyl/N-ethyl adjacent to an activating group) is 1. The lowest BCUT2D eigenvalue weighted by molar-refractivity contribution is -0.116. The summed E-state index contributed by atoms with van der Waals surface area (Å²) in [6.07, 6.45) is 5.69. The van der Waals surface area contributed by atoms with Crippen LogP contribution in [0.5, 0.6) is 0 Å². The van der Waals surface area contributed by atoms with Crippen molar-refractivity contribution in [3.63, 3.8) is 0 Å². The topological polar surface area (TPSA) is 58.1 Å². The molecule has 2 aromatic heterocycles. The van der Waals surface area contributed by atoms with Crippen LogP contribution in [-0.4, -0.2) is 41.4 Å². The summed E-state index contributed by atoms with van der Waals surface area (Å²) in [5, 5.41) is 4.28. The highest BCUT2D eigenvalue weighted by Crippen LogP contribution is 2.33. The first-order chi connectivity index (χ1) is 10.5. The number of rotatable bonds is 6. The number of nitrogens with zero attached hydrogens (tertiary/aromatic N) is 3. The summed E-state index contributed by atoms with van der Waals surface area (Å²) < 4.78 is 0. The second-order valence-electron chi connectivity index (χ2n) is 5.08. The summed E-state index contributed by atoms with van der Waals surface area (Å²) in [6.45, 7) is 3.28. The van der Waals surface area contributed by atoms with Gasteiger partial charge < -0.3 is 10.2 Å². The SMILES string of the molecule is CCc1c(CNC(=O)/C=C/CN(C)C)sc2ncnc(Cl)c12. The number of aryl methyl sites for hydroxylation is 1. The minimum Gasteiger partial charge on any atom is -0.348 e. The van der Waals surface area contributed by atoms with Crippen LogP contribution >= 0.6 is 22.9 Å². The Morgan fingerprint density at radius 1 is 1.45 bits per heavy atom. The maximum Gasteiger partial charge on any atom is 0.243 e. The quantitative estimate of drug-likeness (QED) is 0.650. The van der Waals surface area contributed by atoms with Crippen molar-refractivity contribution in [2.24, 2.45) is 0 Å². The highest BCUT2D eigenvalue weighted by Gasteiger charge is 2.15. The van der Waals surface area contributed by atoms with E-state index in [9.17, 15) is 4.79 Å². The molecule has 0 aliphatic rings. The van der Waals surface area contributed by atoms with Gasteiger partial charge in [-0.05, 0) is 26.1 Å². The van der Waals surface area contributed by atoms with Gasteiger partial charge in [-0.2, -0.15) is 0 Å². The van der Waals surface area contributed by atoms with Crippen LogP contribution in [0.25, 0.3) is 10.2 Å². The molecule has 0 spiro atoms. The molecule has 1 amide bonds. The van der Waals surface area contributed by atoms with Crippen molar-refractivity contribution in [2.45, 2.75) is 19.9 Å². The standard InChI is InChI=1S/C15H19ClN4OS/c1-4-10-11(8-17-12(21)6-5-7-20(2)3)22-15-13(10)14(16)18-9-19-15/h5-6,9H,4,7-8H2,1-3H3,(H,17,21)/b6-5+. The molecule has 2 heterocycles. The van der Waals surface area contributed by atoms with Crippen LogP contribution in [0.15, 0.2) is 18.5 Å². The summed E-state index contributed by atoms with van der Waals surface area (Å²) in [5.74, 6) is -0.0986. The minimum atomic E-state index is -0.0986. The predicted molar refractivity (Wildman–Crippen MR) is 91.3 cm³/mol. The van der Waals surface area contributed by atoms with Gasteiger partial charge in [0, 0.05) is 17.5 Å². The maximum absolute atomic E-state index is 11.8. The molecule has 1 N–H and O–H groups in total. The zero-order valence-electron chi connectivity index (χ0n) is 12.9. The van der Waals surface area contributed by atoms with Crippen molar-refractivity contribution in [3.05, 3.63) is 34.1 Å². The van der Waals surface area contributed by atoms with E-state index < -0.39 is 0 Å². The lowest BCUT2D eigenvalue weighted by Gasteiger charge is -2.05. The zero-order valence-corrected chi connectivity index (χ0v) is 14.5. The van der Waals surface area contributed by atoms with Gasteiger partial charge in [0.25, 0.3) is 0 Å². The molecule has 0 atom stereocenters. The Kier molecular flexibility index (Phi) is 5.88. The molecular formula is C15H19ClN4OS. The smallest absolute Gasteiger partial charge is 0.243 e. The van der Waals surface area contributed by atoms with Crippen LogP contribution in [-0.2, 0) is 17.8 Å². The third-order valence-electron chi connectivity index (χ3n) is 3.14. The lowest BCUT2D eigenvalue weighted by Crippen LogP contribution is -2.21. The number of hydrogen-bond acceptors (Lipinski definition) is 5. The molecule has 2 aromatic rings. The number of hydrogen-bond donors (Lipinski definition) is 1. The summed E-state index contributed by atoms with van der Waals surface area (Å²) in [4.78, 5) is 24.0. The number of fused-ring (bicyclic) bond motifs is 1. The van der Waals surface area contributed by atoms with Crippen molar-refractivity contribution in [2.75, 3.05) is 20.6 Å². The van der Waals surface area contributed by atoms with Crippen molar-refractivity contribution in [1.29, 1.82) is 0 Å². The third-order valence-corrected chi connectivity index (χ3v) is 4.57. The van der Waals surface area contributed by atoms with Gasteiger partial charge in [0.1, 0.15) is 16.3 Å². The molecule has 0 aromatic carbocycles. The van der Waals surface area contributed by atoms with Crippen LogP contribution in [0.4, 0.5) is 0 Å². The predicted octanol–water partition coefficient (Wildman–Crippen LogP) is 2.64. The molecule has 22 heavy (non-hydrogen) atoms. The van der Waals surface area contributed by atoms with Crippen molar-refractivity contribution in [3.8, 4) is 0 Å². The highest BCUT2D eigenvalue weighted by atomic mass is 35.5. The molecule has 0 saturated heterocycles. The van der Waals surface area contributed by atoms with E-state index >= 15 is 0 Å². The Morgan fingerprint density at radius 2 is 2.23 bits per heavy atom. The number of halogens is 1. The molecule has 5 nitrogen and oxygen atoms in total. The average molecular weight is 339 g/mol. The molecule has 0 aliphatic heterocycles. The van der Waals surface area contributed by atoms with E-state index in [-0.39, 0.29) is 5.91 Å². The number of aromatic nitrogens is 2. The van der Waals surface area contributed by atoms with Gasteiger partial charge in [0.15, 0.2) is 0 Å². The lowest BCUT2D eigenvalue weighted by atomic mass is 10.1. The molecule has 0 unspecified atom stereocenters. The highest BCUT2D eigenvalue weighted by molar-refractivity contribution is 7.18. The fraction of sp³-hybridized carbons (Fsp3) is 0.400. The molecule has 0 saturated carbocycles. The van der Waals surface area contributed by atoms with Crippen LogP contribution in [0.3, 0.4) is 0 Å². The van der Waals surface area contributed by atoms with E-state index in [1.165, 1.54) is 6.33 Å². The second-order valence-corrected chi connectivity index (χ2v) is 6.53. The monoisotopic (exact) mass is 338 g/mol. The van der Waals surface area contributed by atoms with Crippen molar-refractivity contribution < 1.29 is 4.79 Å². The molecule has 0 bridgehead atoms. The number of amides is 1. The van der Waals surface area contributed by atoms with Crippen LogP contribution < -0.4 is 5.32 Å². The zero-order chi connectivity index (χ0) is 16.1. The Morgan fingerprint density at radius 3 is 2.91 bits per heavy atom. The first kappa shape index (κ1) is 16.9. The summed E-state index contributed by atoms with van der Waals surface area (Å²) in [7, 11) is 3.91. The summed E-state index contributed by atoms with van der Waals surface area (Å²) in [6, 6.07) is 0. The Hall–Kier alpha value is -1.50. The average Bonchev–Trinajstić information content (AvgIpc) is 2.83. The normalized spacial score (nSPS) is 11.7. The van der Waals surface area contributed by atoms with E-state index in [2.05, 4.69) is 22.2 Å². The van der Waals surface area contributed by atoms with E-state index in [1.807, 2.05) is 25.1 Å². The number of nitrogens with one attached hydrogen (secondary N) is 1. The van der Waals surface area contributed by atoms with Gasteiger partial charge in [-0.3, -0.25) is 4.79 Å². The third kappa shape index (κ3) is 4.03. The number of carbonyl (C=O) groups excluding carboxylic acids is 1. The van der Waals surface area contributed by atoms with Gasteiger partial charge in [0.2, 0.25) is 5.91 Å². The summed E-state index contributed by atoms with van der Waals surface area (Å²) in [5.41, 5.74) is 1.11.